The van der Waals surface area contributed by atoms with Crippen LogP contribution >= 0.6 is 0 Å². The van der Waals surface area contributed by atoms with Crippen LogP contribution in [-0.4, -0.2) is 43.2 Å². The Labute approximate surface area is 160 Å². The summed E-state index contributed by atoms with van der Waals surface area (Å²) < 4.78 is 27.1. The first-order chi connectivity index (χ1) is 13.0. The highest BCUT2D eigenvalue weighted by Crippen LogP contribution is 2.27. The number of hydrogen-bond donors (Lipinski definition) is 1. The number of carbonyl (C=O) groups excluding carboxylic acids is 2. The number of carbonyl (C=O) groups is 2. The average Bonchev–Trinajstić information content (AvgIpc) is 2.69. The predicted octanol–water partition coefficient (Wildman–Crippen LogP) is 1.91. The topological polar surface area (TPSA) is 90.9 Å². The smallest absolute Gasteiger partial charge is 0.339 e. The van der Waals surface area contributed by atoms with E-state index in [9.17, 15) is 13.8 Å². The average molecular weight is 391 g/mol. The molecule has 0 radical (unpaired) electrons. The summed E-state index contributed by atoms with van der Waals surface area (Å²) >= 11 is 0. The predicted molar refractivity (Wildman–Crippen MR) is 100 cm³/mol. The van der Waals surface area contributed by atoms with Crippen molar-refractivity contribution in [1.29, 1.82) is 0 Å². The lowest BCUT2D eigenvalue weighted by Gasteiger charge is -2.11. The second kappa shape index (κ2) is 9.72. The Hall–Kier alpha value is -2.87. The molecule has 0 aliphatic heterocycles. The number of amides is 1. The second-order valence-corrected chi connectivity index (χ2v) is 6.84. The molecule has 1 amide bonds. The Morgan fingerprint density at radius 2 is 1.74 bits per heavy atom. The molecule has 0 spiro atoms. The minimum atomic E-state index is -1.33. The maximum atomic E-state index is 12.1. The van der Waals surface area contributed by atoms with Crippen LogP contribution in [0.4, 0.5) is 0 Å². The van der Waals surface area contributed by atoms with Crippen LogP contribution < -0.4 is 14.8 Å². The van der Waals surface area contributed by atoms with Gasteiger partial charge in [-0.25, -0.2) is 4.79 Å². The van der Waals surface area contributed by atoms with Gasteiger partial charge in [0.15, 0.2) is 18.1 Å². The van der Waals surface area contributed by atoms with E-state index in [1.54, 1.807) is 43.5 Å². The van der Waals surface area contributed by atoms with Gasteiger partial charge in [-0.3, -0.25) is 9.00 Å². The number of hydrogen-bond acceptors (Lipinski definition) is 6. The maximum absolute atomic E-state index is 12.1. The zero-order valence-electron chi connectivity index (χ0n) is 15.3. The molecule has 8 heteroatoms. The van der Waals surface area contributed by atoms with Crippen molar-refractivity contribution in [1.82, 2.24) is 5.32 Å². The van der Waals surface area contributed by atoms with Crippen LogP contribution in [0.5, 0.6) is 11.5 Å². The standard InChI is InChI=1S/C19H21NO6S/c1-24-15-9-8-13(10-16(15)25-2)11-20-18(21)12-26-19(22)14-6-4-5-7-17(14)27(3)23/h4-10H,11-12H2,1-3H3,(H,20,21)/t27-/m1/s1. The molecule has 1 N–H and O–H groups in total. The number of rotatable bonds is 8. The first kappa shape index (κ1) is 20.4. The molecule has 0 saturated heterocycles. The summed E-state index contributed by atoms with van der Waals surface area (Å²) in [4.78, 5) is 24.4. The van der Waals surface area contributed by atoms with Crippen molar-refractivity contribution in [2.24, 2.45) is 0 Å². The first-order valence-electron chi connectivity index (χ1n) is 8.03. The molecule has 2 aromatic carbocycles. The third-order valence-electron chi connectivity index (χ3n) is 3.69. The van der Waals surface area contributed by atoms with E-state index in [0.717, 1.165) is 5.56 Å². The SMILES string of the molecule is COc1ccc(CNC(=O)COC(=O)c2ccccc2[S@@](C)=O)cc1OC. The Kier molecular flexibility index (Phi) is 7.36. The quantitative estimate of drug-likeness (QED) is 0.692. The molecule has 0 aliphatic carbocycles. The van der Waals surface area contributed by atoms with Crippen molar-refractivity contribution < 1.29 is 28.0 Å². The van der Waals surface area contributed by atoms with Gasteiger partial charge in [-0.15, -0.1) is 0 Å². The van der Waals surface area contributed by atoms with Gasteiger partial charge >= 0.3 is 5.97 Å². The first-order valence-corrected chi connectivity index (χ1v) is 9.59. The molecule has 0 heterocycles. The van der Waals surface area contributed by atoms with Crippen molar-refractivity contribution in [3.05, 3.63) is 53.6 Å². The Balaban J connectivity index is 1.90. The highest BCUT2D eigenvalue weighted by atomic mass is 32.2. The molecule has 0 saturated carbocycles. The number of methoxy groups -OCH3 is 2. The fourth-order valence-electron chi connectivity index (χ4n) is 2.34. The van der Waals surface area contributed by atoms with Crippen LogP contribution in [-0.2, 0) is 26.9 Å². The molecule has 27 heavy (non-hydrogen) atoms. The summed E-state index contributed by atoms with van der Waals surface area (Å²) in [5, 5.41) is 2.66. The second-order valence-electron chi connectivity index (χ2n) is 5.49. The number of nitrogens with one attached hydrogen (secondary N) is 1. The maximum Gasteiger partial charge on any atom is 0.339 e. The van der Waals surface area contributed by atoms with Crippen molar-refractivity contribution in [2.75, 3.05) is 27.1 Å². The molecule has 0 unspecified atom stereocenters. The Morgan fingerprint density at radius 3 is 2.41 bits per heavy atom. The van der Waals surface area contributed by atoms with Crippen LogP contribution in [0.1, 0.15) is 15.9 Å². The van der Waals surface area contributed by atoms with Gasteiger partial charge in [0.2, 0.25) is 0 Å². The van der Waals surface area contributed by atoms with Gasteiger partial charge in [-0.1, -0.05) is 18.2 Å². The van der Waals surface area contributed by atoms with E-state index in [-0.39, 0.29) is 12.1 Å². The summed E-state index contributed by atoms with van der Waals surface area (Å²) in [6.07, 6.45) is 1.47. The third-order valence-corrected chi connectivity index (χ3v) is 4.66. The number of esters is 1. The molecule has 0 bridgehead atoms. The van der Waals surface area contributed by atoms with Crippen LogP contribution in [0.3, 0.4) is 0 Å². The highest BCUT2D eigenvalue weighted by molar-refractivity contribution is 7.84. The zero-order valence-corrected chi connectivity index (χ0v) is 16.1. The number of benzene rings is 2. The van der Waals surface area contributed by atoms with E-state index in [2.05, 4.69) is 5.32 Å². The van der Waals surface area contributed by atoms with E-state index in [0.29, 0.717) is 16.4 Å². The van der Waals surface area contributed by atoms with E-state index < -0.39 is 29.3 Å². The zero-order chi connectivity index (χ0) is 19.8. The van der Waals surface area contributed by atoms with E-state index in [1.165, 1.54) is 19.4 Å². The summed E-state index contributed by atoms with van der Waals surface area (Å²) in [6.45, 7) is -0.191. The Morgan fingerprint density at radius 1 is 1.04 bits per heavy atom. The van der Waals surface area contributed by atoms with Gasteiger partial charge in [0, 0.05) is 12.8 Å². The van der Waals surface area contributed by atoms with Crippen molar-refractivity contribution in [3.63, 3.8) is 0 Å². The third kappa shape index (κ3) is 5.55. The molecule has 1 atom stereocenters. The van der Waals surface area contributed by atoms with Crippen LogP contribution in [0.2, 0.25) is 0 Å². The molecule has 144 valence electrons. The molecular weight excluding hydrogens is 370 g/mol. The monoisotopic (exact) mass is 391 g/mol. The van der Waals surface area contributed by atoms with Gasteiger partial charge in [-0.05, 0) is 29.8 Å². The fraction of sp³-hybridized carbons (Fsp3) is 0.263. The minimum absolute atomic E-state index is 0.186. The molecule has 2 rings (SSSR count). The summed E-state index contributed by atoms with van der Waals surface area (Å²) in [5.74, 6) is 0.00337. The van der Waals surface area contributed by atoms with Gasteiger partial charge in [0.1, 0.15) is 0 Å². The van der Waals surface area contributed by atoms with Crippen molar-refractivity contribution in [3.8, 4) is 11.5 Å². The molecular formula is C19H21NO6S. The normalized spacial score (nSPS) is 11.4. The molecule has 7 nitrogen and oxygen atoms in total. The lowest BCUT2D eigenvalue weighted by atomic mass is 10.2. The highest BCUT2D eigenvalue weighted by Gasteiger charge is 2.16. The van der Waals surface area contributed by atoms with Gasteiger partial charge in [-0.2, -0.15) is 0 Å². The summed E-state index contributed by atoms with van der Waals surface area (Å²) in [5.41, 5.74) is 0.991. The molecule has 0 aromatic heterocycles. The van der Waals surface area contributed by atoms with E-state index in [4.69, 9.17) is 14.2 Å². The lowest BCUT2D eigenvalue weighted by Crippen LogP contribution is -2.28. The summed E-state index contributed by atoms with van der Waals surface area (Å²) in [6, 6.07) is 11.7. The van der Waals surface area contributed by atoms with E-state index in [1.807, 2.05) is 0 Å². The van der Waals surface area contributed by atoms with E-state index >= 15 is 0 Å². The van der Waals surface area contributed by atoms with Crippen LogP contribution in [0.15, 0.2) is 47.4 Å². The van der Waals surface area contributed by atoms with Crippen molar-refractivity contribution in [2.45, 2.75) is 11.4 Å². The molecule has 0 fully saturated rings. The van der Waals surface area contributed by atoms with Gasteiger partial charge < -0.3 is 19.5 Å². The summed E-state index contributed by atoms with van der Waals surface area (Å²) in [7, 11) is 1.74. The minimum Gasteiger partial charge on any atom is -0.493 e. The van der Waals surface area contributed by atoms with Gasteiger partial charge in [0.25, 0.3) is 5.91 Å². The molecule has 0 aliphatic rings. The van der Waals surface area contributed by atoms with Crippen molar-refractivity contribution >= 4 is 22.7 Å². The molecule has 2 aromatic rings. The van der Waals surface area contributed by atoms with Crippen LogP contribution in [0, 0.1) is 0 Å². The number of ether oxygens (including phenoxy) is 3. The van der Waals surface area contributed by atoms with Gasteiger partial charge in [0.05, 0.1) is 35.5 Å². The Bertz CT molecular complexity index is 852. The van der Waals surface area contributed by atoms with Crippen LogP contribution in [0.25, 0.3) is 0 Å². The fourth-order valence-corrected chi connectivity index (χ4v) is 3.07. The largest absolute Gasteiger partial charge is 0.493 e. The lowest BCUT2D eigenvalue weighted by molar-refractivity contribution is -0.124.